The first kappa shape index (κ1) is 21.9. The van der Waals surface area contributed by atoms with Gasteiger partial charge >= 0.3 is 12.1 Å². The third kappa shape index (κ3) is 5.13. The molecule has 166 valence electrons. The van der Waals surface area contributed by atoms with Gasteiger partial charge in [-0.3, -0.25) is 4.79 Å². The summed E-state index contributed by atoms with van der Waals surface area (Å²) in [6, 6.07) is 18.5. The zero-order valence-electron chi connectivity index (χ0n) is 17.4. The molecule has 1 aliphatic rings. The number of carboxylic acid groups (broad SMARTS) is 1. The van der Waals surface area contributed by atoms with Crippen LogP contribution in [0.5, 0.6) is 5.75 Å². The summed E-state index contributed by atoms with van der Waals surface area (Å²) in [4.78, 5) is 11.1. The number of carbonyl (C=O) groups is 1. The Bertz CT molecular complexity index is 1100. The average molecular weight is 440 g/mol. The summed E-state index contributed by atoms with van der Waals surface area (Å²) >= 11 is 0. The summed E-state index contributed by atoms with van der Waals surface area (Å²) in [6.07, 6.45) is -1.45. The van der Waals surface area contributed by atoms with Crippen LogP contribution in [0.15, 0.2) is 66.7 Å². The normalized spacial score (nSPS) is 15.8. The lowest BCUT2D eigenvalue weighted by atomic mass is 9.81. The predicted molar refractivity (Wildman–Crippen MR) is 116 cm³/mol. The lowest BCUT2D eigenvalue weighted by Crippen LogP contribution is -2.13. The van der Waals surface area contributed by atoms with E-state index in [-0.39, 0.29) is 12.3 Å². The largest absolute Gasteiger partial charge is 0.489 e. The lowest BCUT2D eigenvalue weighted by Gasteiger charge is -2.24. The lowest BCUT2D eigenvalue weighted by molar-refractivity contribution is -0.138. The number of benzene rings is 3. The van der Waals surface area contributed by atoms with Crippen LogP contribution in [-0.4, -0.2) is 11.1 Å². The molecule has 3 aromatic carbocycles. The number of halogens is 3. The Morgan fingerprint density at radius 1 is 1.00 bits per heavy atom. The summed E-state index contributed by atoms with van der Waals surface area (Å²) in [5.41, 5.74) is 4.00. The van der Waals surface area contributed by atoms with Gasteiger partial charge in [-0.1, -0.05) is 36.4 Å². The molecule has 0 radical (unpaired) electrons. The molecule has 4 rings (SSSR count). The SMILES string of the molecule is O=C(O)C[C@H]1CCCc2cc(OCc3cccc(-c4ccc(C(F)(F)F)cc4)c3)ccc21. The summed E-state index contributed by atoms with van der Waals surface area (Å²) in [7, 11) is 0. The van der Waals surface area contributed by atoms with E-state index in [0.717, 1.165) is 59.4 Å². The molecule has 1 N–H and O–H groups in total. The maximum atomic E-state index is 12.8. The van der Waals surface area contributed by atoms with E-state index in [4.69, 9.17) is 9.84 Å². The van der Waals surface area contributed by atoms with E-state index in [9.17, 15) is 18.0 Å². The molecule has 0 aromatic heterocycles. The molecule has 0 unspecified atom stereocenters. The number of aryl methyl sites for hydroxylation is 1. The average Bonchev–Trinajstić information content (AvgIpc) is 2.77. The number of hydrogen-bond acceptors (Lipinski definition) is 2. The van der Waals surface area contributed by atoms with Crippen molar-refractivity contribution in [2.45, 2.75) is 44.4 Å². The van der Waals surface area contributed by atoms with Crippen LogP contribution in [0.25, 0.3) is 11.1 Å². The van der Waals surface area contributed by atoms with Crippen LogP contribution in [-0.2, 0) is 24.0 Å². The standard InChI is InChI=1S/C26H23F3O3/c27-26(28,29)22-9-7-18(8-10-22)19-4-1-3-17(13-19)16-32-23-11-12-24-20(14-23)5-2-6-21(24)15-25(30)31/h1,3-4,7-14,21H,2,5-6,15-16H2,(H,30,31)/t21-/m1/s1. The first-order chi connectivity index (χ1) is 15.3. The quantitative estimate of drug-likeness (QED) is 0.456. The first-order valence-electron chi connectivity index (χ1n) is 10.5. The molecule has 0 amide bonds. The smallest absolute Gasteiger partial charge is 0.416 e. The van der Waals surface area contributed by atoms with Crippen molar-refractivity contribution in [3.8, 4) is 16.9 Å². The van der Waals surface area contributed by atoms with Crippen LogP contribution in [0.4, 0.5) is 13.2 Å². The Hall–Kier alpha value is -3.28. The molecule has 0 bridgehead atoms. The number of hydrogen-bond donors (Lipinski definition) is 1. The summed E-state index contributed by atoms with van der Waals surface area (Å²) in [5.74, 6) is -0.0125. The molecule has 1 atom stereocenters. The van der Waals surface area contributed by atoms with Crippen molar-refractivity contribution < 1.29 is 27.8 Å². The van der Waals surface area contributed by atoms with Crippen LogP contribution in [0, 0.1) is 0 Å². The van der Waals surface area contributed by atoms with Gasteiger partial charge in [0.2, 0.25) is 0 Å². The van der Waals surface area contributed by atoms with Crippen molar-refractivity contribution in [2.75, 3.05) is 0 Å². The predicted octanol–water partition coefficient (Wildman–Crippen LogP) is 6.85. The minimum Gasteiger partial charge on any atom is -0.489 e. The number of ether oxygens (including phenoxy) is 1. The number of alkyl halides is 3. The second-order valence-corrected chi connectivity index (χ2v) is 8.11. The van der Waals surface area contributed by atoms with E-state index >= 15 is 0 Å². The highest BCUT2D eigenvalue weighted by Crippen LogP contribution is 2.36. The zero-order chi connectivity index (χ0) is 22.7. The molecule has 32 heavy (non-hydrogen) atoms. The van der Waals surface area contributed by atoms with E-state index in [1.807, 2.05) is 42.5 Å². The Labute approximate surface area is 184 Å². The topological polar surface area (TPSA) is 46.5 Å². The van der Waals surface area contributed by atoms with Gasteiger partial charge in [-0.25, -0.2) is 0 Å². The van der Waals surface area contributed by atoms with Crippen LogP contribution in [0.3, 0.4) is 0 Å². The van der Waals surface area contributed by atoms with Gasteiger partial charge < -0.3 is 9.84 Å². The van der Waals surface area contributed by atoms with E-state index in [0.29, 0.717) is 12.2 Å². The van der Waals surface area contributed by atoms with Crippen molar-refractivity contribution in [3.05, 3.63) is 89.0 Å². The van der Waals surface area contributed by atoms with Gasteiger partial charge in [-0.05, 0) is 83.3 Å². The number of aliphatic carboxylic acids is 1. The van der Waals surface area contributed by atoms with E-state index < -0.39 is 17.7 Å². The number of rotatable bonds is 6. The molecule has 3 nitrogen and oxygen atoms in total. The van der Waals surface area contributed by atoms with Crippen molar-refractivity contribution in [3.63, 3.8) is 0 Å². The van der Waals surface area contributed by atoms with Crippen molar-refractivity contribution in [2.24, 2.45) is 0 Å². The minimum atomic E-state index is -4.35. The highest BCUT2D eigenvalue weighted by molar-refractivity contribution is 5.68. The van der Waals surface area contributed by atoms with E-state index in [2.05, 4.69) is 0 Å². The Morgan fingerprint density at radius 3 is 2.50 bits per heavy atom. The third-order valence-electron chi connectivity index (χ3n) is 5.85. The van der Waals surface area contributed by atoms with Gasteiger partial charge in [0.15, 0.2) is 0 Å². The summed E-state index contributed by atoms with van der Waals surface area (Å²) in [5, 5.41) is 9.14. The fraction of sp³-hybridized carbons (Fsp3) is 0.269. The highest BCUT2D eigenvalue weighted by Gasteiger charge is 2.30. The fourth-order valence-corrected chi connectivity index (χ4v) is 4.26. The van der Waals surface area contributed by atoms with Crippen molar-refractivity contribution in [1.29, 1.82) is 0 Å². The van der Waals surface area contributed by atoms with Crippen molar-refractivity contribution in [1.82, 2.24) is 0 Å². The van der Waals surface area contributed by atoms with Gasteiger partial charge in [-0.2, -0.15) is 13.2 Å². The minimum absolute atomic E-state index is 0.0470. The van der Waals surface area contributed by atoms with Gasteiger partial charge in [0.25, 0.3) is 0 Å². The Morgan fingerprint density at radius 2 is 1.78 bits per heavy atom. The molecule has 0 saturated carbocycles. The molecule has 0 spiro atoms. The van der Waals surface area contributed by atoms with Gasteiger partial charge in [0, 0.05) is 0 Å². The molecular formula is C26H23F3O3. The monoisotopic (exact) mass is 440 g/mol. The maximum Gasteiger partial charge on any atom is 0.416 e. The second-order valence-electron chi connectivity index (χ2n) is 8.11. The molecule has 1 aliphatic carbocycles. The van der Waals surface area contributed by atoms with E-state index in [1.54, 1.807) is 0 Å². The molecule has 0 aliphatic heterocycles. The van der Waals surface area contributed by atoms with Gasteiger partial charge in [0.05, 0.1) is 12.0 Å². The molecule has 0 saturated heterocycles. The number of fused-ring (bicyclic) bond motifs is 1. The molecule has 0 fully saturated rings. The summed E-state index contributed by atoms with van der Waals surface area (Å²) < 4.78 is 44.3. The first-order valence-corrected chi connectivity index (χ1v) is 10.5. The second kappa shape index (κ2) is 9.07. The van der Waals surface area contributed by atoms with Crippen LogP contribution < -0.4 is 4.74 Å². The third-order valence-corrected chi connectivity index (χ3v) is 5.85. The van der Waals surface area contributed by atoms with E-state index in [1.165, 1.54) is 12.1 Å². The zero-order valence-corrected chi connectivity index (χ0v) is 17.4. The van der Waals surface area contributed by atoms with Crippen LogP contribution in [0.2, 0.25) is 0 Å². The maximum absolute atomic E-state index is 12.8. The highest BCUT2D eigenvalue weighted by atomic mass is 19.4. The fourth-order valence-electron chi connectivity index (χ4n) is 4.26. The van der Waals surface area contributed by atoms with Crippen LogP contribution >= 0.6 is 0 Å². The Balaban J connectivity index is 1.45. The molecule has 0 heterocycles. The molecule has 3 aromatic rings. The van der Waals surface area contributed by atoms with Gasteiger partial charge in [-0.15, -0.1) is 0 Å². The molecular weight excluding hydrogens is 417 g/mol. The summed E-state index contributed by atoms with van der Waals surface area (Å²) in [6.45, 7) is 0.325. The van der Waals surface area contributed by atoms with Crippen LogP contribution in [0.1, 0.15) is 47.4 Å². The molecule has 6 heteroatoms. The number of carboxylic acids is 1. The van der Waals surface area contributed by atoms with Gasteiger partial charge in [0.1, 0.15) is 12.4 Å². The van der Waals surface area contributed by atoms with Crippen molar-refractivity contribution >= 4 is 5.97 Å². The Kier molecular flexibility index (Phi) is 6.21.